The van der Waals surface area contributed by atoms with E-state index in [9.17, 15) is 4.79 Å². The summed E-state index contributed by atoms with van der Waals surface area (Å²) in [6.45, 7) is 7.88. The number of aromatic nitrogens is 2. The highest BCUT2D eigenvalue weighted by atomic mass is 16.1. The molecule has 0 aliphatic carbocycles. The fraction of sp³-hybridized carbons (Fsp3) is 0.263. The van der Waals surface area contributed by atoms with Gasteiger partial charge in [0.1, 0.15) is 5.82 Å². The zero-order valence-electron chi connectivity index (χ0n) is 13.9. The molecule has 1 heterocycles. The number of nitrogens with one attached hydrogen (secondary N) is 1. The van der Waals surface area contributed by atoms with Crippen LogP contribution >= 0.6 is 0 Å². The highest BCUT2D eigenvalue weighted by Crippen LogP contribution is 2.22. The molecule has 3 rings (SSSR count). The average molecular weight is 307 g/mol. The number of para-hydroxylation sites is 1. The molecule has 2 aromatic carbocycles. The largest absolute Gasteiger partial charge is 0.347 e. The van der Waals surface area contributed by atoms with E-state index in [1.165, 1.54) is 0 Å². The van der Waals surface area contributed by atoms with E-state index < -0.39 is 0 Å². The molecule has 1 amide bonds. The molecule has 118 valence electrons. The number of imidazole rings is 1. The highest BCUT2D eigenvalue weighted by molar-refractivity contribution is 5.98. The third kappa shape index (κ3) is 3.11. The quantitative estimate of drug-likeness (QED) is 0.781. The molecule has 0 fully saturated rings. The maximum absolute atomic E-state index is 12.3. The number of hydrogen-bond donors (Lipinski definition) is 1. The Labute approximate surface area is 136 Å². The fourth-order valence-corrected chi connectivity index (χ4v) is 2.66. The van der Waals surface area contributed by atoms with Crippen molar-refractivity contribution in [2.75, 3.05) is 0 Å². The molecule has 0 spiro atoms. The molecule has 0 aliphatic rings. The number of carbonyl (C=O) groups is 1. The Hall–Kier alpha value is -2.62. The van der Waals surface area contributed by atoms with Crippen LogP contribution in [0.4, 0.5) is 0 Å². The number of aryl methyl sites for hydroxylation is 1. The third-order valence-corrected chi connectivity index (χ3v) is 3.59. The predicted octanol–water partition coefficient (Wildman–Crippen LogP) is 3.86. The second-order valence-electron chi connectivity index (χ2n) is 6.74. The van der Waals surface area contributed by atoms with Gasteiger partial charge >= 0.3 is 0 Å². The van der Waals surface area contributed by atoms with Gasteiger partial charge in [-0.3, -0.25) is 9.36 Å². The van der Waals surface area contributed by atoms with Crippen LogP contribution < -0.4 is 5.32 Å². The first kappa shape index (κ1) is 15.3. The molecule has 0 unspecified atom stereocenters. The van der Waals surface area contributed by atoms with Crippen LogP contribution in [0.5, 0.6) is 0 Å². The second kappa shape index (κ2) is 5.54. The van der Waals surface area contributed by atoms with Gasteiger partial charge in [0.15, 0.2) is 0 Å². The lowest BCUT2D eigenvalue weighted by Gasteiger charge is -2.20. The van der Waals surface area contributed by atoms with Gasteiger partial charge in [0.25, 0.3) is 5.91 Å². The Kier molecular flexibility index (Phi) is 3.68. The van der Waals surface area contributed by atoms with Gasteiger partial charge in [0, 0.05) is 16.8 Å². The van der Waals surface area contributed by atoms with Crippen molar-refractivity contribution < 1.29 is 4.79 Å². The van der Waals surface area contributed by atoms with Gasteiger partial charge in [-0.25, -0.2) is 4.98 Å². The summed E-state index contributed by atoms with van der Waals surface area (Å²) in [5.41, 5.74) is 3.27. The van der Waals surface area contributed by atoms with Crippen LogP contribution in [-0.4, -0.2) is 21.0 Å². The number of benzene rings is 2. The molecule has 4 nitrogen and oxygen atoms in total. The Bertz CT molecular complexity index is 857. The Morgan fingerprint density at radius 2 is 1.78 bits per heavy atom. The monoisotopic (exact) mass is 307 g/mol. The van der Waals surface area contributed by atoms with Crippen molar-refractivity contribution in [2.45, 2.75) is 33.2 Å². The molecule has 0 saturated heterocycles. The predicted molar refractivity (Wildman–Crippen MR) is 93.0 cm³/mol. The van der Waals surface area contributed by atoms with Gasteiger partial charge in [-0.2, -0.15) is 0 Å². The van der Waals surface area contributed by atoms with Crippen molar-refractivity contribution in [3.05, 3.63) is 59.9 Å². The number of carbonyl (C=O) groups excluding carboxylic acids is 1. The van der Waals surface area contributed by atoms with Crippen molar-refractivity contribution in [3.63, 3.8) is 0 Å². The van der Waals surface area contributed by atoms with Crippen molar-refractivity contribution in [2.24, 2.45) is 0 Å². The van der Waals surface area contributed by atoms with Gasteiger partial charge < -0.3 is 5.32 Å². The summed E-state index contributed by atoms with van der Waals surface area (Å²) in [4.78, 5) is 16.9. The minimum Gasteiger partial charge on any atom is -0.347 e. The number of hydrogen-bond acceptors (Lipinski definition) is 2. The first-order chi connectivity index (χ1) is 10.8. The summed E-state index contributed by atoms with van der Waals surface area (Å²) < 4.78 is 2.10. The molecule has 0 atom stereocenters. The smallest absolute Gasteiger partial charge is 0.251 e. The maximum Gasteiger partial charge on any atom is 0.251 e. The molecule has 1 aromatic heterocycles. The normalized spacial score (nSPS) is 11.7. The van der Waals surface area contributed by atoms with E-state index in [2.05, 4.69) is 14.9 Å². The zero-order valence-corrected chi connectivity index (χ0v) is 13.9. The minimum atomic E-state index is -0.259. The van der Waals surface area contributed by atoms with Gasteiger partial charge in [0.05, 0.1) is 11.0 Å². The minimum absolute atomic E-state index is 0.0775. The van der Waals surface area contributed by atoms with Gasteiger partial charge in [-0.15, -0.1) is 0 Å². The lowest BCUT2D eigenvalue weighted by atomic mass is 10.1. The van der Waals surface area contributed by atoms with Gasteiger partial charge in [-0.1, -0.05) is 18.2 Å². The first-order valence-corrected chi connectivity index (χ1v) is 7.72. The van der Waals surface area contributed by atoms with Gasteiger partial charge in [0.2, 0.25) is 0 Å². The van der Waals surface area contributed by atoms with E-state index in [0.717, 1.165) is 22.5 Å². The average Bonchev–Trinajstić information content (AvgIpc) is 2.81. The van der Waals surface area contributed by atoms with Crippen LogP contribution in [0.3, 0.4) is 0 Å². The number of nitrogens with zero attached hydrogens (tertiary/aromatic N) is 2. The fourth-order valence-electron chi connectivity index (χ4n) is 2.66. The summed E-state index contributed by atoms with van der Waals surface area (Å²) >= 11 is 0. The molecular formula is C19H21N3O. The molecular weight excluding hydrogens is 286 g/mol. The van der Waals surface area contributed by atoms with E-state index in [1.54, 1.807) is 0 Å². The molecule has 0 saturated carbocycles. The highest BCUT2D eigenvalue weighted by Gasteiger charge is 2.17. The summed E-state index contributed by atoms with van der Waals surface area (Å²) in [6.07, 6.45) is 0. The van der Waals surface area contributed by atoms with Crippen molar-refractivity contribution in [1.82, 2.24) is 14.9 Å². The van der Waals surface area contributed by atoms with E-state index in [0.29, 0.717) is 5.56 Å². The zero-order chi connectivity index (χ0) is 16.6. The van der Waals surface area contributed by atoms with Crippen LogP contribution in [0.1, 0.15) is 37.0 Å². The lowest BCUT2D eigenvalue weighted by Crippen LogP contribution is -2.40. The van der Waals surface area contributed by atoms with Crippen LogP contribution in [0, 0.1) is 6.92 Å². The second-order valence-corrected chi connectivity index (χ2v) is 6.74. The van der Waals surface area contributed by atoms with Crippen LogP contribution in [0.2, 0.25) is 0 Å². The first-order valence-electron chi connectivity index (χ1n) is 7.72. The topological polar surface area (TPSA) is 46.9 Å². The molecule has 3 aromatic rings. The summed E-state index contributed by atoms with van der Waals surface area (Å²) in [7, 11) is 0. The van der Waals surface area contributed by atoms with E-state index >= 15 is 0 Å². The van der Waals surface area contributed by atoms with E-state index in [1.807, 2.05) is 76.2 Å². The van der Waals surface area contributed by atoms with Gasteiger partial charge in [-0.05, 0) is 58.0 Å². The van der Waals surface area contributed by atoms with Crippen LogP contribution in [-0.2, 0) is 0 Å². The van der Waals surface area contributed by atoms with Crippen LogP contribution in [0.25, 0.3) is 16.7 Å². The molecule has 4 heteroatoms. The maximum atomic E-state index is 12.3. The summed E-state index contributed by atoms with van der Waals surface area (Å²) in [5, 5.41) is 2.98. The Morgan fingerprint density at radius 3 is 2.43 bits per heavy atom. The van der Waals surface area contributed by atoms with Crippen molar-refractivity contribution >= 4 is 16.9 Å². The molecule has 0 bridgehead atoms. The molecule has 23 heavy (non-hydrogen) atoms. The van der Waals surface area contributed by atoms with Crippen LogP contribution in [0.15, 0.2) is 48.5 Å². The molecule has 0 radical (unpaired) electrons. The van der Waals surface area contributed by atoms with Crippen molar-refractivity contribution in [3.8, 4) is 5.69 Å². The van der Waals surface area contributed by atoms with Crippen molar-refractivity contribution in [1.29, 1.82) is 0 Å². The Morgan fingerprint density at radius 1 is 1.09 bits per heavy atom. The van der Waals surface area contributed by atoms with E-state index in [-0.39, 0.29) is 11.4 Å². The molecule has 1 N–H and O–H groups in total. The molecule has 0 aliphatic heterocycles. The lowest BCUT2D eigenvalue weighted by molar-refractivity contribution is 0.0919. The summed E-state index contributed by atoms with van der Waals surface area (Å²) in [6, 6.07) is 15.8. The standard InChI is InChI=1S/C19H21N3O/c1-13-20-16-12-14(18(23)21-19(2,3)4)10-11-17(16)22(13)15-8-6-5-7-9-15/h5-12H,1-4H3,(H,21,23). The Balaban J connectivity index is 2.05. The summed E-state index contributed by atoms with van der Waals surface area (Å²) in [5.74, 6) is 0.825. The number of fused-ring (bicyclic) bond motifs is 1. The third-order valence-electron chi connectivity index (χ3n) is 3.59. The number of amides is 1. The SMILES string of the molecule is Cc1nc2cc(C(=O)NC(C)(C)C)ccc2n1-c1ccccc1. The number of rotatable bonds is 2. The van der Waals surface area contributed by atoms with E-state index in [4.69, 9.17) is 0 Å².